The summed E-state index contributed by atoms with van der Waals surface area (Å²) in [5.74, 6) is 0.423. The van der Waals surface area contributed by atoms with Crippen molar-refractivity contribution in [3.05, 3.63) is 60.2 Å². The van der Waals surface area contributed by atoms with Crippen LogP contribution >= 0.6 is 0 Å². The van der Waals surface area contributed by atoms with Crippen LogP contribution in [0.1, 0.15) is 38.7 Å². The molecule has 0 radical (unpaired) electrons. The quantitative estimate of drug-likeness (QED) is 0.362. The Morgan fingerprint density at radius 2 is 1.61 bits per heavy atom. The highest BCUT2D eigenvalue weighted by molar-refractivity contribution is 5.93. The number of hydrogen-bond donors (Lipinski definition) is 0. The van der Waals surface area contributed by atoms with Crippen LogP contribution in [0.15, 0.2) is 54.6 Å². The first-order valence-corrected chi connectivity index (χ1v) is 9.86. The average Bonchev–Trinajstić information content (AvgIpc) is 2.70. The highest BCUT2D eigenvalue weighted by atomic mass is 19.3. The Kier molecular flexibility index (Phi) is 6.85. The summed E-state index contributed by atoms with van der Waals surface area (Å²) in [5, 5.41) is 1.45. The first-order chi connectivity index (χ1) is 13.6. The van der Waals surface area contributed by atoms with Gasteiger partial charge in [-0.15, -0.1) is 0 Å². The predicted molar refractivity (Wildman–Crippen MR) is 110 cm³/mol. The molecular weight excluding hydrogens is 358 g/mol. The first kappa shape index (κ1) is 20.1. The lowest BCUT2D eigenvalue weighted by Crippen LogP contribution is -2.05. The van der Waals surface area contributed by atoms with Crippen LogP contribution in [0.4, 0.5) is 8.78 Å². The van der Waals surface area contributed by atoms with Crippen molar-refractivity contribution in [1.29, 1.82) is 0 Å². The zero-order valence-electron chi connectivity index (χ0n) is 16.4. The Hall–Kier alpha value is -2.62. The van der Waals surface area contributed by atoms with Gasteiger partial charge < -0.3 is 9.47 Å². The van der Waals surface area contributed by atoms with E-state index in [1.54, 1.807) is 6.07 Å². The molecule has 4 heteroatoms. The van der Waals surface area contributed by atoms with Gasteiger partial charge in [0.25, 0.3) is 0 Å². The number of hydrogen-bond acceptors (Lipinski definition) is 2. The largest absolute Gasteiger partial charge is 0.490 e. The van der Waals surface area contributed by atoms with Crippen molar-refractivity contribution in [2.45, 2.75) is 46.1 Å². The third-order valence-electron chi connectivity index (χ3n) is 4.80. The molecule has 0 fully saturated rings. The van der Waals surface area contributed by atoms with Gasteiger partial charge in [0.05, 0.1) is 6.61 Å². The minimum Gasteiger partial charge on any atom is -0.490 e. The van der Waals surface area contributed by atoms with E-state index in [2.05, 4.69) is 31.2 Å². The fraction of sp³-hybridized carbons (Fsp3) is 0.333. The molecule has 28 heavy (non-hydrogen) atoms. The number of aryl methyl sites for hydroxylation is 1. The lowest BCUT2D eigenvalue weighted by molar-refractivity contribution is -0.0503. The monoisotopic (exact) mass is 384 g/mol. The van der Waals surface area contributed by atoms with E-state index in [4.69, 9.17) is 9.47 Å². The van der Waals surface area contributed by atoms with E-state index in [0.29, 0.717) is 17.7 Å². The Morgan fingerprint density at radius 3 is 2.29 bits per heavy atom. The molecule has 2 nitrogen and oxygen atoms in total. The van der Waals surface area contributed by atoms with Gasteiger partial charge in [-0.05, 0) is 60.0 Å². The normalized spacial score (nSPS) is 11.2. The van der Waals surface area contributed by atoms with Crippen LogP contribution in [-0.2, 0) is 6.42 Å². The Bertz CT molecular complexity index is 904. The van der Waals surface area contributed by atoms with Gasteiger partial charge in [0, 0.05) is 5.39 Å². The van der Waals surface area contributed by atoms with Gasteiger partial charge in [0.2, 0.25) is 0 Å². The van der Waals surface area contributed by atoms with Crippen LogP contribution in [0.2, 0.25) is 0 Å². The summed E-state index contributed by atoms with van der Waals surface area (Å²) in [6.45, 7) is 1.50. The smallest absolute Gasteiger partial charge is 0.387 e. The highest BCUT2D eigenvalue weighted by Crippen LogP contribution is 2.38. The van der Waals surface area contributed by atoms with Gasteiger partial charge in [-0.3, -0.25) is 0 Å². The first-order valence-electron chi connectivity index (χ1n) is 9.86. The number of fused-ring (bicyclic) bond motifs is 1. The zero-order chi connectivity index (χ0) is 19.9. The summed E-state index contributed by atoms with van der Waals surface area (Å²) in [6, 6.07) is 17.9. The molecule has 3 rings (SSSR count). The summed E-state index contributed by atoms with van der Waals surface area (Å²) < 4.78 is 36.0. The van der Waals surface area contributed by atoms with E-state index in [1.807, 2.05) is 31.2 Å². The van der Waals surface area contributed by atoms with Gasteiger partial charge in [-0.25, -0.2) is 0 Å². The molecule has 0 bridgehead atoms. The lowest BCUT2D eigenvalue weighted by Gasteiger charge is -2.14. The topological polar surface area (TPSA) is 18.5 Å². The van der Waals surface area contributed by atoms with E-state index >= 15 is 0 Å². The standard InChI is InChI=1S/C24H26F2O2/c1-3-5-6-7-17-8-10-18(11-9-17)19-12-14-21-20(16-19)13-15-22(27-4-2)23(21)28-24(25)26/h8-16,24H,3-7H2,1-2H3. The van der Waals surface area contributed by atoms with Gasteiger partial charge in [-0.1, -0.05) is 56.2 Å². The Labute approximate surface area is 165 Å². The van der Waals surface area contributed by atoms with Gasteiger partial charge >= 0.3 is 6.61 Å². The van der Waals surface area contributed by atoms with Gasteiger partial charge in [-0.2, -0.15) is 8.78 Å². The maximum absolute atomic E-state index is 12.9. The molecule has 0 N–H and O–H groups in total. The molecule has 0 aromatic heterocycles. The minimum absolute atomic E-state index is 0.0900. The number of ether oxygens (including phenoxy) is 2. The van der Waals surface area contributed by atoms with Crippen molar-refractivity contribution >= 4 is 10.8 Å². The molecule has 3 aromatic carbocycles. The number of rotatable bonds is 9. The van der Waals surface area contributed by atoms with Gasteiger partial charge in [0.15, 0.2) is 11.5 Å². The third-order valence-corrected chi connectivity index (χ3v) is 4.80. The maximum Gasteiger partial charge on any atom is 0.387 e. The number of halogens is 2. The molecule has 0 aliphatic carbocycles. The second-order valence-electron chi connectivity index (χ2n) is 6.79. The van der Waals surface area contributed by atoms with Crippen molar-refractivity contribution in [2.24, 2.45) is 0 Å². The third kappa shape index (κ3) is 4.80. The van der Waals surface area contributed by atoms with E-state index in [9.17, 15) is 8.78 Å². The molecule has 0 amide bonds. The van der Waals surface area contributed by atoms with Crippen LogP contribution in [0.3, 0.4) is 0 Å². The summed E-state index contributed by atoms with van der Waals surface area (Å²) >= 11 is 0. The van der Waals surface area contributed by atoms with Crippen LogP contribution < -0.4 is 9.47 Å². The molecule has 0 aliphatic heterocycles. The van der Waals surface area contributed by atoms with Gasteiger partial charge in [0.1, 0.15) is 0 Å². The number of alkyl halides is 2. The fourth-order valence-corrected chi connectivity index (χ4v) is 3.38. The van der Waals surface area contributed by atoms with Crippen molar-refractivity contribution in [3.63, 3.8) is 0 Å². The molecule has 0 heterocycles. The Morgan fingerprint density at radius 1 is 0.857 bits per heavy atom. The Balaban J connectivity index is 1.90. The predicted octanol–water partition coefficient (Wildman–Crippen LogP) is 7.24. The second kappa shape index (κ2) is 9.54. The summed E-state index contributed by atoms with van der Waals surface area (Å²) in [5.41, 5.74) is 3.48. The summed E-state index contributed by atoms with van der Waals surface area (Å²) in [6.07, 6.45) is 4.78. The molecule has 0 unspecified atom stereocenters. The van der Waals surface area contributed by atoms with Crippen molar-refractivity contribution in [2.75, 3.05) is 6.61 Å². The lowest BCUT2D eigenvalue weighted by atomic mass is 9.98. The van der Waals surface area contributed by atoms with Crippen molar-refractivity contribution in [1.82, 2.24) is 0 Å². The molecule has 0 saturated carbocycles. The van der Waals surface area contributed by atoms with Crippen LogP contribution in [0.25, 0.3) is 21.9 Å². The number of benzene rings is 3. The highest BCUT2D eigenvalue weighted by Gasteiger charge is 2.15. The van der Waals surface area contributed by atoms with E-state index in [0.717, 1.165) is 22.9 Å². The summed E-state index contributed by atoms with van der Waals surface area (Å²) in [4.78, 5) is 0. The molecular formula is C24H26F2O2. The van der Waals surface area contributed by atoms with Crippen LogP contribution in [0.5, 0.6) is 11.5 Å². The molecule has 0 saturated heterocycles. The molecule has 3 aromatic rings. The minimum atomic E-state index is -2.90. The van der Waals surface area contributed by atoms with E-state index < -0.39 is 6.61 Å². The fourth-order valence-electron chi connectivity index (χ4n) is 3.38. The SMILES string of the molecule is CCCCCc1ccc(-c2ccc3c(OC(F)F)c(OCC)ccc3c2)cc1. The van der Waals surface area contributed by atoms with Crippen molar-refractivity contribution in [3.8, 4) is 22.6 Å². The molecule has 0 aliphatic rings. The average molecular weight is 384 g/mol. The van der Waals surface area contributed by atoms with E-state index in [-0.39, 0.29) is 5.75 Å². The molecule has 148 valence electrons. The zero-order valence-corrected chi connectivity index (χ0v) is 16.4. The van der Waals surface area contributed by atoms with Crippen molar-refractivity contribution < 1.29 is 18.3 Å². The number of unbranched alkanes of at least 4 members (excludes halogenated alkanes) is 2. The maximum atomic E-state index is 12.9. The van der Waals surface area contributed by atoms with E-state index in [1.165, 1.54) is 24.8 Å². The van der Waals surface area contributed by atoms with Crippen LogP contribution in [0, 0.1) is 0 Å². The molecule has 0 spiro atoms. The molecule has 0 atom stereocenters. The van der Waals surface area contributed by atoms with Crippen LogP contribution in [-0.4, -0.2) is 13.2 Å². The second-order valence-corrected chi connectivity index (χ2v) is 6.79. The summed E-state index contributed by atoms with van der Waals surface area (Å²) in [7, 11) is 0.